The van der Waals surface area contributed by atoms with E-state index in [0.29, 0.717) is 11.7 Å². The maximum atomic E-state index is 8.94. The Bertz CT molecular complexity index is 399. The lowest BCUT2D eigenvalue weighted by Crippen LogP contribution is -2.23. The molecular weight excluding hydrogens is 230 g/mol. The van der Waals surface area contributed by atoms with Crippen LogP contribution in [0.15, 0.2) is 29.3 Å². The highest BCUT2D eigenvalue weighted by molar-refractivity contribution is 5.81. The molecule has 0 spiro atoms. The SMILES string of the molecule is ON(O)c1cccc(C=N[C@@H]2CCCCNC2)c1. The second kappa shape index (κ2) is 6.49. The van der Waals surface area contributed by atoms with Gasteiger partial charge in [0.05, 0.1) is 11.7 Å². The number of hydrogen-bond donors (Lipinski definition) is 3. The highest BCUT2D eigenvalue weighted by atomic mass is 16.8. The average molecular weight is 249 g/mol. The zero-order chi connectivity index (χ0) is 12.8. The summed E-state index contributed by atoms with van der Waals surface area (Å²) < 4.78 is 0. The van der Waals surface area contributed by atoms with Crippen molar-refractivity contribution in [2.75, 3.05) is 18.3 Å². The lowest BCUT2D eigenvalue weighted by Gasteiger charge is -2.09. The third kappa shape index (κ3) is 3.80. The van der Waals surface area contributed by atoms with Crippen LogP contribution in [0.2, 0.25) is 0 Å². The predicted octanol–water partition coefficient (Wildman–Crippen LogP) is 1.83. The second-order valence-corrected chi connectivity index (χ2v) is 4.52. The van der Waals surface area contributed by atoms with Gasteiger partial charge in [0.1, 0.15) is 0 Å². The molecule has 0 amide bonds. The fourth-order valence-corrected chi connectivity index (χ4v) is 2.05. The van der Waals surface area contributed by atoms with E-state index >= 15 is 0 Å². The van der Waals surface area contributed by atoms with E-state index in [1.54, 1.807) is 24.4 Å². The number of nitrogens with zero attached hydrogens (tertiary/aromatic N) is 2. The molecule has 1 aliphatic rings. The first-order chi connectivity index (χ1) is 8.75. The summed E-state index contributed by atoms with van der Waals surface area (Å²) in [5.74, 6) is 0. The summed E-state index contributed by atoms with van der Waals surface area (Å²) in [6, 6.07) is 7.26. The molecule has 1 heterocycles. The molecule has 0 saturated carbocycles. The first kappa shape index (κ1) is 13.0. The molecule has 0 bridgehead atoms. The molecular formula is C13H19N3O2. The van der Waals surface area contributed by atoms with Gasteiger partial charge in [0.25, 0.3) is 0 Å². The van der Waals surface area contributed by atoms with Crippen LogP contribution >= 0.6 is 0 Å². The fourth-order valence-electron chi connectivity index (χ4n) is 2.05. The highest BCUT2D eigenvalue weighted by Crippen LogP contribution is 2.12. The lowest BCUT2D eigenvalue weighted by atomic mass is 10.1. The van der Waals surface area contributed by atoms with Gasteiger partial charge in [-0.3, -0.25) is 15.4 Å². The minimum absolute atomic E-state index is 0.116. The summed E-state index contributed by atoms with van der Waals surface area (Å²) in [5.41, 5.74) is 1.20. The van der Waals surface area contributed by atoms with E-state index in [-0.39, 0.29) is 5.23 Å². The molecule has 2 rings (SSSR count). The van der Waals surface area contributed by atoms with Gasteiger partial charge in [0.15, 0.2) is 0 Å². The van der Waals surface area contributed by atoms with Crippen LogP contribution in [0.4, 0.5) is 5.69 Å². The normalized spacial score (nSPS) is 20.9. The predicted molar refractivity (Wildman–Crippen MR) is 70.6 cm³/mol. The van der Waals surface area contributed by atoms with Gasteiger partial charge in [-0.2, -0.15) is 0 Å². The van der Waals surface area contributed by atoms with Gasteiger partial charge in [-0.1, -0.05) is 18.6 Å². The second-order valence-electron chi connectivity index (χ2n) is 4.52. The van der Waals surface area contributed by atoms with Crippen molar-refractivity contribution in [1.82, 2.24) is 5.32 Å². The van der Waals surface area contributed by atoms with E-state index in [0.717, 1.165) is 25.1 Å². The van der Waals surface area contributed by atoms with Gasteiger partial charge in [0, 0.05) is 12.8 Å². The van der Waals surface area contributed by atoms with Crippen molar-refractivity contribution >= 4 is 11.9 Å². The van der Waals surface area contributed by atoms with Crippen LogP contribution in [0.1, 0.15) is 24.8 Å². The van der Waals surface area contributed by atoms with E-state index in [4.69, 9.17) is 10.4 Å². The molecule has 1 aliphatic heterocycles. The van der Waals surface area contributed by atoms with E-state index in [2.05, 4.69) is 10.3 Å². The van der Waals surface area contributed by atoms with Crippen molar-refractivity contribution in [2.24, 2.45) is 4.99 Å². The van der Waals surface area contributed by atoms with E-state index in [1.807, 2.05) is 6.07 Å². The van der Waals surface area contributed by atoms with Crippen molar-refractivity contribution in [1.29, 1.82) is 0 Å². The minimum atomic E-state index is 0.116. The zero-order valence-electron chi connectivity index (χ0n) is 10.3. The average Bonchev–Trinajstić information content (AvgIpc) is 2.65. The minimum Gasteiger partial charge on any atom is -0.315 e. The Labute approximate surface area is 107 Å². The first-order valence-corrected chi connectivity index (χ1v) is 6.27. The number of benzene rings is 1. The number of aliphatic imine (C=N–C) groups is 1. The maximum Gasteiger partial charge on any atom is 0.0949 e. The summed E-state index contributed by atoms with van der Waals surface area (Å²) in [5, 5.41) is 21.4. The zero-order valence-corrected chi connectivity index (χ0v) is 10.3. The van der Waals surface area contributed by atoms with Gasteiger partial charge in [-0.15, -0.1) is 5.23 Å². The summed E-state index contributed by atoms with van der Waals surface area (Å²) in [6.45, 7) is 1.99. The molecule has 1 aromatic carbocycles. The Morgan fingerprint density at radius 2 is 2.22 bits per heavy atom. The molecule has 3 N–H and O–H groups in total. The van der Waals surface area contributed by atoms with Crippen molar-refractivity contribution in [3.05, 3.63) is 29.8 Å². The number of nitrogens with one attached hydrogen (secondary N) is 1. The van der Waals surface area contributed by atoms with Gasteiger partial charge >= 0.3 is 0 Å². The number of anilines is 1. The molecule has 5 nitrogen and oxygen atoms in total. The molecule has 0 aromatic heterocycles. The monoisotopic (exact) mass is 249 g/mol. The summed E-state index contributed by atoms with van der Waals surface area (Å²) >= 11 is 0. The van der Waals surface area contributed by atoms with Crippen molar-refractivity contribution in [3.63, 3.8) is 0 Å². The molecule has 5 heteroatoms. The third-order valence-electron chi connectivity index (χ3n) is 3.06. The smallest absolute Gasteiger partial charge is 0.0949 e. The van der Waals surface area contributed by atoms with E-state index in [9.17, 15) is 0 Å². The van der Waals surface area contributed by atoms with Crippen molar-refractivity contribution < 1.29 is 10.4 Å². The molecule has 98 valence electrons. The molecule has 1 saturated heterocycles. The summed E-state index contributed by atoms with van der Waals surface area (Å²) in [7, 11) is 0. The lowest BCUT2D eigenvalue weighted by molar-refractivity contribution is 0.0291. The summed E-state index contributed by atoms with van der Waals surface area (Å²) in [4.78, 5) is 4.54. The Morgan fingerprint density at radius 3 is 3.06 bits per heavy atom. The van der Waals surface area contributed by atoms with Crippen LogP contribution < -0.4 is 10.5 Å². The molecule has 1 fully saturated rings. The standard InChI is InChI=1S/C13H19N3O2/c17-16(18)13-6-3-4-11(8-13)9-15-12-5-1-2-7-14-10-12/h3-4,6,8-9,12,14,17-18H,1-2,5,7,10H2/t12-/m1/s1. The Hall–Kier alpha value is -1.43. The van der Waals surface area contributed by atoms with Crippen LogP contribution in [0.5, 0.6) is 0 Å². The van der Waals surface area contributed by atoms with E-state index < -0.39 is 0 Å². The Balaban J connectivity index is 2.01. The van der Waals surface area contributed by atoms with Gasteiger partial charge in [-0.25, -0.2) is 0 Å². The van der Waals surface area contributed by atoms with Crippen LogP contribution in [0.25, 0.3) is 0 Å². The maximum absolute atomic E-state index is 8.94. The van der Waals surface area contributed by atoms with Crippen molar-refractivity contribution in [3.8, 4) is 0 Å². The van der Waals surface area contributed by atoms with Gasteiger partial charge < -0.3 is 5.32 Å². The molecule has 1 atom stereocenters. The molecule has 0 aliphatic carbocycles. The molecule has 0 unspecified atom stereocenters. The van der Waals surface area contributed by atoms with Crippen LogP contribution in [-0.4, -0.2) is 35.8 Å². The van der Waals surface area contributed by atoms with Gasteiger partial charge in [-0.05, 0) is 37.1 Å². The Morgan fingerprint density at radius 1 is 1.33 bits per heavy atom. The van der Waals surface area contributed by atoms with Crippen LogP contribution in [-0.2, 0) is 0 Å². The number of rotatable bonds is 3. The number of hydrogen-bond acceptors (Lipinski definition) is 5. The molecule has 18 heavy (non-hydrogen) atoms. The molecule has 1 aromatic rings. The first-order valence-electron chi connectivity index (χ1n) is 6.27. The quantitative estimate of drug-likeness (QED) is 0.565. The van der Waals surface area contributed by atoms with Crippen LogP contribution in [0, 0.1) is 0 Å². The largest absolute Gasteiger partial charge is 0.315 e. The van der Waals surface area contributed by atoms with Crippen LogP contribution in [0.3, 0.4) is 0 Å². The fraction of sp³-hybridized carbons (Fsp3) is 0.462. The van der Waals surface area contributed by atoms with Gasteiger partial charge in [0.2, 0.25) is 0 Å². The Kier molecular flexibility index (Phi) is 4.69. The molecule has 0 radical (unpaired) electrons. The van der Waals surface area contributed by atoms with E-state index in [1.165, 1.54) is 12.8 Å². The third-order valence-corrected chi connectivity index (χ3v) is 3.06. The summed E-state index contributed by atoms with van der Waals surface area (Å²) in [6.07, 6.45) is 5.32. The highest BCUT2D eigenvalue weighted by Gasteiger charge is 2.09. The van der Waals surface area contributed by atoms with Crippen molar-refractivity contribution in [2.45, 2.75) is 25.3 Å². The topological polar surface area (TPSA) is 68.1 Å².